The summed E-state index contributed by atoms with van der Waals surface area (Å²) in [6, 6.07) is 13.5. The van der Waals surface area contributed by atoms with E-state index in [-0.39, 0.29) is 24.1 Å². The third kappa shape index (κ3) is 5.70. The van der Waals surface area contributed by atoms with E-state index in [0.29, 0.717) is 11.3 Å². The van der Waals surface area contributed by atoms with Crippen molar-refractivity contribution in [1.82, 2.24) is 5.32 Å². The van der Waals surface area contributed by atoms with E-state index in [1.54, 1.807) is 56.3 Å². The Balaban J connectivity index is 2.08. The van der Waals surface area contributed by atoms with Crippen LogP contribution in [-0.2, 0) is 9.53 Å². The number of nitrogens with one attached hydrogen (secondary N) is 2. The summed E-state index contributed by atoms with van der Waals surface area (Å²) in [5.41, 5.74) is 1.07. The Labute approximate surface area is 160 Å². The largest absolute Gasteiger partial charge is 0.462 e. The van der Waals surface area contributed by atoms with Crippen molar-refractivity contribution in [3.05, 3.63) is 64.1 Å². The number of benzene rings is 2. The molecule has 0 spiro atoms. The van der Waals surface area contributed by atoms with Gasteiger partial charge in [-0.3, -0.25) is 14.4 Å². The molecule has 2 N–H and O–H groups in total. The quantitative estimate of drug-likeness (QED) is 0.704. The van der Waals surface area contributed by atoms with Gasteiger partial charge in [-0.2, -0.15) is 0 Å². The van der Waals surface area contributed by atoms with Crippen LogP contribution in [0.4, 0.5) is 5.69 Å². The summed E-state index contributed by atoms with van der Waals surface area (Å²) in [5.74, 6) is -1.34. The van der Waals surface area contributed by atoms with Crippen molar-refractivity contribution in [3.63, 3.8) is 0 Å². The Morgan fingerprint density at radius 2 is 1.77 bits per heavy atom. The average molecular weight is 419 g/mol. The number of hydrogen-bond acceptors (Lipinski definition) is 4. The summed E-state index contributed by atoms with van der Waals surface area (Å²) < 4.78 is 5.75. The minimum Gasteiger partial charge on any atom is -0.462 e. The summed E-state index contributed by atoms with van der Waals surface area (Å²) in [6.07, 6.45) is -0.254. The highest BCUT2D eigenvalue weighted by molar-refractivity contribution is 9.10. The van der Waals surface area contributed by atoms with Crippen LogP contribution in [0.3, 0.4) is 0 Å². The lowest BCUT2D eigenvalue weighted by Gasteiger charge is -2.12. The van der Waals surface area contributed by atoms with Crippen LogP contribution in [0, 0.1) is 0 Å². The molecule has 26 heavy (non-hydrogen) atoms. The van der Waals surface area contributed by atoms with Gasteiger partial charge >= 0.3 is 5.97 Å². The predicted octanol–water partition coefficient (Wildman–Crippen LogP) is 3.38. The van der Waals surface area contributed by atoms with Crippen molar-refractivity contribution >= 4 is 39.4 Å². The molecule has 2 aromatic carbocycles. The summed E-state index contributed by atoms with van der Waals surface area (Å²) in [4.78, 5) is 36.3. The molecule has 6 nitrogen and oxygen atoms in total. The fraction of sp³-hybridized carbons (Fsp3) is 0.211. The van der Waals surface area contributed by atoms with E-state index in [4.69, 9.17) is 4.74 Å². The van der Waals surface area contributed by atoms with Gasteiger partial charge in [-0.05, 0) is 44.2 Å². The van der Waals surface area contributed by atoms with Crippen molar-refractivity contribution in [2.24, 2.45) is 0 Å². The standard InChI is InChI=1S/C19H19BrN2O4/c1-12(2)26-17(23)11-21-19(25)15-8-3-4-9-16(15)22-18(24)13-6-5-7-14(20)10-13/h3-10,12H,11H2,1-2H3,(H,21,25)(H,22,24). The lowest BCUT2D eigenvalue weighted by Crippen LogP contribution is -2.32. The number of carbonyl (C=O) groups is 3. The van der Waals surface area contributed by atoms with Gasteiger partial charge in [-0.25, -0.2) is 0 Å². The first-order valence-electron chi connectivity index (χ1n) is 8.00. The molecule has 0 atom stereocenters. The Kier molecular flexibility index (Phi) is 6.91. The molecule has 0 heterocycles. The highest BCUT2D eigenvalue weighted by atomic mass is 79.9. The van der Waals surface area contributed by atoms with Crippen molar-refractivity contribution in [3.8, 4) is 0 Å². The van der Waals surface area contributed by atoms with Gasteiger partial charge in [0.05, 0.1) is 17.4 Å². The number of carbonyl (C=O) groups excluding carboxylic acids is 3. The number of halogens is 1. The van der Waals surface area contributed by atoms with Crippen molar-refractivity contribution in [1.29, 1.82) is 0 Å². The van der Waals surface area contributed by atoms with Gasteiger partial charge in [0.1, 0.15) is 6.54 Å². The second-order valence-corrected chi connectivity index (χ2v) is 6.65. The van der Waals surface area contributed by atoms with Crippen LogP contribution in [0.2, 0.25) is 0 Å². The second-order valence-electron chi connectivity index (χ2n) is 5.73. The maximum Gasteiger partial charge on any atom is 0.325 e. The number of rotatable bonds is 6. The van der Waals surface area contributed by atoms with Crippen LogP contribution < -0.4 is 10.6 Å². The fourth-order valence-corrected chi connectivity index (χ4v) is 2.57. The number of para-hydroxylation sites is 1. The zero-order chi connectivity index (χ0) is 19.1. The van der Waals surface area contributed by atoms with E-state index in [1.165, 1.54) is 0 Å². The maximum absolute atomic E-state index is 12.4. The Morgan fingerprint density at radius 3 is 2.46 bits per heavy atom. The molecular formula is C19H19BrN2O4. The first kappa shape index (κ1) is 19.7. The van der Waals surface area contributed by atoms with Crippen molar-refractivity contribution in [2.75, 3.05) is 11.9 Å². The van der Waals surface area contributed by atoms with Crippen LogP contribution in [0.1, 0.15) is 34.6 Å². The van der Waals surface area contributed by atoms with E-state index in [1.807, 2.05) is 6.07 Å². The molecule has 0 aliphatic heterocycles. The first-order valence-corrected chi connectivity index (χ1v) is 8.79. The van der Waals surface area contributed by atoms with E-state index in [9.17, 15) is 14.4 Å². The molecule has 0 saturated carbocycles. The predicted molar refractivity (Wildman–Crippen MR) is 102 cm³/mol. The summed E-state index contributed by atoms with van der Waals surface area (Å²) in [5, 5.41) is 5.21. The zero-order valence-corrected chi connectivity index (χ0v) is 16.0. The lowest BCUT2D eigenvalue weighted by molar-refractivity contribution is -0.146. The minimum absolute atomic E-state index is 0.245. The molecule has 7 heteroatoms. The van der Waals surface area contributed by atoms with Gasteiger partial charge in [0.25, 0.3) is 11.8 Å². The Hall–Kier alpha value is -2.67. The topological polar surface area (TPSA) is 84.5 Å². The van der Waals surface area contributed by atoms with Crippen LogP contribution in [-0.4, -0.2) is 30.4 Å². The molecule has 0 radical (unpaired) electrons. The summed E-state index contributed by atoms with van der Waals surface area (Å²) in [7, 11) is 0. The lowest BCUT2D eigenvalue weighted by atomic mass is 10.1. The van der Waals surface area contributed by atoms with Gasteiger partial charge in [-0.1, -0.05) is 34.1 Å². The van der Waals surface area contributed by atoms with Gasteiger partial charge in [-0.15, -0.1) is 0 Å². The molecular weight excluding hydrogens is 400 g/mol. The third-order valence-corrected chi connectivity index (χ3v) is 3.76. The van der Waals surface area contributed by atoms with Gasteiger partial charge in [0.15, 0.2) is 0 Å². The van der Waals surface area contributed by atoms with E-state index >= 15 is 0 Å². The van der Waals surface area contributed by atoms with Gasteiger partial charge in [0.2, 0.25) is 0 Å². The van der Waals surface area contributed by atoms with Crippen molar-refractivity contribution < 1.29 is 19.1 Å². The van der Waals surface area contributed by atoms with Crippen LogP contribution in [0.15, 0.2) is 53.0 Å². The van der Waals surface area contributed by atoms with Crippen LogP contribution >= 0.6 is 15.9 Å². The Morgan fingerprint density at radius 1 is 1.04 bits per heavy atom. The van der Waals surface area contributed by atoms with E-state index in [0.717, 1.165) is 4.47 Å². The molecule has 0 aromatic heterocycles. The second kappa shape index (κ2) is 9.15. The minimum atomic E-state index is -0.524. The van der Waals surface area contributed by atoms with E-state index < -0.39 is 11.9 Å². The van der Waals surface area contributed by atoms with Crippen LogP contribution in [0.5, 0.6) is 0 Å². The number of ether oxygens (including phenoxy) is 1. The number of anilines is 1. The number of esters is 1. The molecule has 2 amide bonds. The zero-order valence-electron chi connectivity index (χ0n) is 14.4. The fourth-order valence-electron chi connectivity index (χ4n) is 2.17. The third-order valence-electron chi connectivity index (χ3n) is 3.27. The van der Waals surface area contributed by atoms with E-state index in [2.05, 4.69) is 26.6 Å². The van der Waals surface area contributed by atoms with Crippen molar-refractivity contribution in [2.45, 2.75) is 20.0 Å². The molecule has 0 aliphatic rings. The molecule has 0 saturated heterocycles. The highest BCUT2D eigenvalue weighted by Gasteiger charge is 2.15. The Bertz CT molecular complexity index is 821. The first-order chi connectivity index (χ1) is 12.4. The summed E-state index contributed by atoms with van der Waals surface area (Å²) >= 11 is 3.32. The molecule has 0 unspecified atom stereocenters. The van der Waals surface area contributed by atoms with Gasteiger partial charge < -0.3 is 15.4 Å². The average Bonchev–Trinajstić information content (AvgIpc) is 2.59. The monoisotopic (exact) mass is 418 g/mol. The smallest absolute Gasteiger partial charge is 0.325 e. The molecule has 0 bridgehead atoms. The molecule has 0 fully saturated rings. The molecule has 2 rings (SSSR count). The highest BCUT2D eigenvalue weighted by Crippen LogP contribution is 2.18. The normalized spacial score (nSPS) is 10.3. The molecule has 136 valence electrons. The van der Waals surface area contributed by atoms with Crippen LogP contribution in [0.25, 0.3) is 0 Å². The number of amides is 2. The summed E-state index contributed by atoms with van der Waals surface area (Å²) in [6.45, 7) is 3.21. The molecule has 0 aliphatic carbocycles. The number of hydrogen-bond donors (Lipinski definition) is 2. The molecule has 2 aromatic rings. The maximum atomic E-state index is 12.4. The van der Waals surface area contributed by atoms with Gasteiger partial charge in [0, 0.05) is 10.0 Å². The SMILES string of the molecule is CC(C)OC(=O)CNC(=O)c1ccccc1NC(=O)c1cccc(Br)c1.